The molecule has 0 radical (unpaired) electrons. The zero-order chi connectivity index (χ0) is 18.3. The van der Waals surface area contributed by atoms with Crippen LogP contribution >= 0.6 is 0 Å². The molecular formula is C20H19N3O3. The molecule has 6 nitrogen and oxygen atoms in total. The summed E-state index contributed by atoms with van der Waals surface area (Å²) in [5.41, 5.74) is 6.08. The largest absolute Gasteiger partial charge is 0.481 e. The predicted molar refractivity (Wildman–Crippen MR) is 96.8 cm³/mol. The highest BCUT2D eigenvalue weighted by Crippen LogP contribution is 2.28. The van der Waals surface area contributed by atoms with E-state index in [0.717, 1.165) is 29.6 Å². The Morgan fingerprint density at radius 3 is 2.73 bits per heavy atom. The summed E-state index contributed by atoms with van der Waals surface area (Å²) in [5, 5.41) is 13.3. The van der Waals surface area contributed by atoms with Crippen molar-refractivity contribution in [1.82, 2.24) is 14.5 Å². The molecule has 4 rings (SSSR count). The molecule has 132 valence electrons. The lowest BCUT2D eigenvalue weighted by molar-refractivity contribution is -0.136. The Labute approximate surface area is 150 Å². The molecule has 0 fully saturated rings. The van der Waals surface area contributed by atoms with Gasteiger partial charge in [-0.1, -0.05) is 18.2 Å². The number of rotatable bonds is 3. The van der Waals surface area contributed by atoms with Crippen LogP contribution in [-0.2, 0) is 29.0 Å². The van der Waals surface area contributed by atoms with Gasteiger partial charge in [-0.2, -0.15) is 5.10 Å². The second-order valence-corrected chi connectivity index (χ2v) is 6.66. The highest BCUT2D eigenvalue weighted by atomic mass is 16.4. The van der Waals surface area contributed by atoms with Gasteiger partial charge in [0.25, 0.3) is 0 Å². The minimum atomic E-state index is -0.867. The molecule has 0 saturated heterocycles. The van der Waals surface area contributed by atoms with E-state index in [0.29, 0.717) is 12.1 Å². The van der Waals surface area contributed by atoms with E-state index in [-0.39, 0.29) is 12.3 Å². The Kier molecular flexibility index (Phi) is 3.95. The number of aromatic nitrogens is 2. The molecule has 0 bridgehead atoms. The fraction of sp³-hybridized carbons (Fsp3) is 0.250. The Morgan fingerprint density at radius 2 is 1.96 bits per heavy atom. The highest BCUT2D eigenvalue weighted by molar-refractivity contribution is 5.77. The lowest BCUT2D eigenvalue weighted by Crippen LogP contribution is -2.34. The van der Waals surface area contributed by atoms with E-state index in [1.54, 1.807) is 17.6 Å². The molecule has 0 atom stereocenters. The van der Waals surface area contributed by atoms with Crippen molar-refractivity contribution < 1.29 is 14.7 Å². The van der Waals surface area contributed by atoms with Crippen LogP contribution in [0.3, 0.4) is 0 Å². The molecule has 0 saturated carbocycles. The summed E-state index contributed by atoms with van der Waals surface area (Å²) in [6.07, 6.45) is 4.27. The van der Waals surface area contributed by atoms with E-state index in [2.05, 4.69) is 23.3 Å². The molecule has 1 aromatic carbocycles. The second-order valence-electron chi connectivity index (χ2n) is 6.66. The van der Waals surface area contributed by atoms with E-state index in [4.69, 9.17) is 5.11 Å². The summed E-state index contributed by atoms with van der Waals surface area (Å²) < 4.78 is 1.70. The number of nitrogens with zero attached hydrogens (tertiary/aromatic N) is 3. The Bertz CT molecular complexity index is 1020. The summed E-state index contributed by atoms with van der Waals surface area (Å²) in [7, 11) is 0. The normalized spacial score (nSPS) is 13.7. The molecule has 1 aliphatic heterocycles. The number of carbonyl (C=O) groups is 2. The third-order valence-corrected chi connectivity index (χ3v) is 4.94. The summed E-state index contributed by atoms with van der Waals surface area (Å²) in [5.74, 6) is -0.758. The quantitative estimate of drug-likeness (QED) is 0.788. The fourth-order valence-electron chi connectivity index (χ4n) is 3.51. The maximum absolute atomic E-state index is 11.6. The lowest BCUT2D eigenvalue weighted by atomic mass is 9.94. The zero-order valence-electron chi connectivity index (χ0n) is 14.5. The fourth-order valence-corrected chi connectivity index (χ4v) is 3.51. The Balaban J connectivity index is 1.70. The maximum atomic E-state index is 11.6. The second kappa shape index (κ2) is 6.29. The third kappa shape index (κ3) is 2.94. The van der Waals surface area contributed by atoms with Gasteiger partial charge < -0.3 is 10.0 Å². The number of pyridine rings is 1. The van der Waals surface area contributed by atoms with Gasteiger partial charge in [0.1, 0.15) is 0 Å². The van der Waals surface area contributed by atoms with Crippen LogP contribution in [0.1, 0.15) is 23.6 Å². The number of carboxylic acid groups (broad SMARTS) is 1. The number of benzene rings is 1. The highest BCUT2D eigenvalue weighted by Gasteiger charge is 2.18. The molecule has 3 aromatic rings. The number of hydrogen-bond acceptors (Lipinski definition) is 3. The maximum Gasteiger partial charge on any atom is 0.307 e. The van der Waals surface area contributed by atoms with Crippen molar-refractivity contribution in [2.24, 2.45) is 0 Å². The van der Waals surface area contributed by atoms with Gasteiger partial charge in [0.15, 0.2) is 0 Å². The van der Waals surface area contributed by atoms with Crippen molar-refractivity contribution in [2.45, 2.75) is 26.3 Å². The Morgan fingerprint density at radius 1 is 1.15 bits per heavy atom. The standard InChI is InChI=1S/C20H19N3O3/c1-13(24)22-6-4-15-8-14(2-3-17(15)12-22)16-5-7-23-19(9-16)18(11-21-23)10-20(25)26/h2-3,5,7-9,11H,4,6,10,12H2,1H3,(H,25,26). The van der Waals surface area contributed by atoms with E-state index < -0.39 is 5.97 Å². The van der Waals surface area contributed by atoms with Crippen LogP contribution in [0.2, 0.25) is 0 Å². The van der Waals surface area contributed by atoms with Crippen molar-refractivity contribution >= 4 is 17.4 Å². The topological polar surface area (TPSA) is 74.9 Å². The molecule has 2 aromatic heterocycles. The van der Waals surface area contributed by atoms with Gasteiger partial charge in [0.05, 0.1) is 18.1 Å². The van der Waals surface area contributed by atoms with Crippen LogP contribution in [-0.4, -0.2) is 38.0 Å². The van der Waals surface area contributed by atoms with Crippen molar-refractivity contribution in [3.63, 3.8) is 0 Å². The van der Waals surface area contributed by atoms with Crippen LogP contribution in [0, 0.1) is 0 Å². The molecule has 1 aliphatic rings. The number of fused-ring (bicyclic) bond motifs is 2. The molecular weight excluding hydrogens is 330 g/mol. The molecule has 0 aliphatic carbocycles. The molecule has 3 heterocycles. The summed E-state index contributed by atoms with van der Waals surface area (Å²) in [4.78, 5) is 24.5. The summed E-state index contributed by atoms with van der Waals surface area (Å²) in [6.45, 7) is 3.01. The van der Waals surface area contributed by atoms with Gasteiger partial charge >= 0.3 is 5.97 Å². The van der Waals surface area contributed by atoms with Crippen LogP contribution in [0.5, 0.6) is 0 Å². The van der Waals surface area contributed by atoms with Crippen LogP contribution < -0.4 is 0 Å². The van der Waals surface area contributed by atoms with Gasteiger partial charge in [-0.25, -0.2) is 4.52 Å². The number of aliphatic carboxylic acids is 1. The van der Waals surface area contributed by atoms with E-state index >= 15 is 0 Å². The first-order chi connectivity index (χ1) is 12.5. The van der Waals surface area contributed by atoms with Gasteiger partial charge in [-0.15, -0.1) is 0 Å². The van der Waals surface area contributed by atoms with E-state index in [1.165, 1.54) is 11.1 Å². The lowest BCUT2D eigenvalue weighted by Gasteiger charge is -2.28. The van der Waals surface area contributed by atoms with Crippen LogP contribution in [0.25, 0.3) is 16.6 Å². The van der Waals surface area contributed by atoms with Crippen molar-refractivity contribution in [2.75, 3.05) is 6.54 Å². The first-order valence-corrected chi connectivity index (χ1v) is 8.57. The molecule has 1 N–H and O–H groups in total. The molecule has 1 amide bonds. The van der Waals surface area contributed by atoms with Crippen LogP contribution in [0.15, 0.2) is 42.7 Å². The van der Waals surface area contributed by atoms with Gasteiger partial charge in [-0.05, 0) is 40.8 Å². The number of hydrogen-bond donors (Lipinski definition) is 1. The average Bonchev–Trinajstić information content (AvgIpc) is 3.02. The predicted octanol–water partition coefficient (Wildman–Crippen LogP) is 2.53. The first-order valence-electron chi connectivity index (χ1n) is 8.57. The van der Waals surface area contributed by atoms with Crippen molar-refractivity contribution in [1.29, 1.82) is 0 Å². The van der Waals surface area contributed by atoms with Crippen LogP contribution in [0.4, 0.5) is 0 Å². The number of carboxylic acids is 1. The van der Waals surface area contributed by atoms with Gasteiger partial charge in [0.2, 0.25) is 5.91 Å². The minimum Gasteiger partial charge on any atom is -0.481 e. The van der Waals surface area contributed by atoms with Gasteiger partial charge in [0, 0.05) is 31.8 Å². The first kappa shape index (κ1) is 16.3. The molecule has 0 spiro atoms. The SMILES string of the molecule is CC(=O)N1CCc2cc(-c3ccn4ncc(CC(=O)O)c4c3)ccc2C1. The van der Waals surface area contributed by atoms with Gasteiger partial charge in [-0.3, -0.25) is 9.59 Å². The number of amides is 1. The van der Waals surface area contributed by atoms with E-state index in [9.17, 15) is 9.59 Å². The summed E-state index contributed by atoms with van der Waals surface area (Å²) >= 11 is 0. The molecule has 0 unspecified atom stereocenters. The van der Waals surface area contributed by atoms with Crippen molar-refractivity contribution in [3.05, 3.63) is 59.4 Å². The van der Waals surface area contributed by atoms with Crippen molar-refractivity contribution in [3.8, 4) is 11.1 Å². The Hall–Kier alpha value is -3.15. The monoisotopic (exact) mass is 349 g/mol. The zero-order valence-corrected chi connectivity index (χ0v) is 14.5. The average molecular weight is 349 g/mol. The summed E-state index contributed by atoms with van der Waals surface area (Å²) in [6, 6.07) is 10.3. The number of carbonyl (C=O) groups excluding carboxylic acids is 1. The van der Waals surface area contributed by atoms with E-state index in [1.807, 2.05) is 23.2 Å². The third-order valence-electron chi connectivity index (χ3n) is 4.94. The molecule has 6 heteroatoms. The molecule has 26 heavy (non-hydrogen) atoms. The smallest absolute Gasteiger partial charge is 0.307 e. The minimum absolute atomic E-state index is 0.0436.